The van der Waals surface area contributed by atoms with Gasteiger partial charge in [0.2, 0.25) is 0 Å². The Morgan fingerprint density at radius 2 is 1.90 bits per heavy atom. The lowest BCUT2D eigenvalue weighted by Crippen LogP contribution is -2.12. The highest BCUT2D eigenvalue weighted by atomic mass is 16.7. The topological polar surface area (TPSA) is 61.8 Å². The Morgan fingerprint density at radius 3 is 2.52 bits per heavy atom. The number of carbonyl (C=O) groups excluding carboxylic acids is 2. The molecule has 0 amide bonds. The first-order valence-corrected chi connectivity index (χ1v) is 6.62. The Kier molecular flexibility index (Phi) is 3.25. The third-order valence-electron chi connectivity index (χ3n) is 3.28. The van der Waals surface area contributed by atoms with Gasteiger partial charge in [-0.25, -0.2) is 4.79 Å². The quantitative estimate of drug-likeness (QED) is 0.483. The van der Waals surface area contributed by atoms with Gasteiger partial charge in [-0.1, -0.05) is 30.3 Å². The fourth-order valence-electron chi connectivity index (χ4n) is 2.00. The maximum atomic E-state index is 12.0. The molecule has 1 aromatic carbocycles. The van der Waals surface area contributed by atoms with Gasteiger partial charge in [0.05, 0.1) is 7.11 Å². The van der Waals surface area contributed by atoms with Gasteiger partial charge in [0.15, 0.2) is 11.5 Å². The third kappa shape index (κ3) is 2.67. The van der Waals surface area contributed by atoms with Crippen LogP contribution < -0.4 is 0 Å². The zero-order valence-corrected chi connectivity index (χ0v) is 11.5. The molecule has 0 saturated heterocycles. The highest BCUT2D eigenvalue weighted by molar-refractivity contribution is 6.04. The first-order chi connectivity index (χ1) is 10.1. The van der Waals surface area contributed by atoms with E-state index in [0.717, 1.165) is 12.8 Å². The van der Waals surface area contributed by atoms with Crippen LogP contribution >= 0.6 is 0 Å². The van der Waals surface area contributed by atoms with Gasteiger partial charge >= 0.3 is 5.97 Å². The van der Waals surface area contributed by atoms with Crippen molar-refractivity contribution in [1.29, 1.82) is 0 Å². The van der Waals surface area contributed by atoms with Crippen LogP contribution in [0, 0.1) is 0 Å². The molecule has 3 rings (SSSR count). The molecule has 1 heterocycles. The smallest absolute Gasteiger partial charge is 0.377 e. The van der Waals surface area contributed by atoms with Gasteiger partial charge in [-0.05, 0) is 12.2 Å². The van der Waals surface area contributed by atoms with E-state index in [-0.39, 0.29) is 17.3 Å². The summed E-state index contributed by atoms with van der Waals surface area (Å²) in [5.41, 5.74) is 0.564. The van der Waals surface area contributed by atoms with E-state index in [0.29, 0.717) is 5.56 Å². The first-order valence-electron chi connectivity index (χ1n) is 6.62. The third-order valence-corrected chi connectivity index (χ3v) is 3.28. The summed E-state index contributed by atoms with van der Waals surface area (Å²) >= 11 is 0. The van der Waals surface area contributed by atoms with Gasteiger partial charge in [0.25, 0.3) is 11.5 Å². The summed E-state index contributed by atoms with van der Waals surface area (Å²) in [5, 5.41) is 0. The number of hydrogen-bond donors (Lipinski definition) is 0. The van der Waals surface area contributed by atoms with E-state index < -0.39 is 11.8 Å². The monoisotopic (exact) mass is 286 g/mol. The van der Waals surface area contributed by atoms with Crippen LogP contribution in [0.2, 0.25) is 0 Å². The van der Waals surface area contributed by atoms with E-state index in [1.165, 1.54) is 19.3 Å². The number of benzene rings is 1. The number of ether oxygens (including phenoxy) is 3. The maximum Gasteiger partial charge on any atom is 0.377 e. The molecule has 0 aromatic heterocycles. The summed E-state index contributed by atoms with van der Waals surface area (Å²) in [6.07, 6.45) is 4.25. The molecule has 1 spiro atoms. The molecule has 0 N–H and O–H groups in total. The Balaban J connectivity index is 1.80. The molecule has 1 saturated carbocycles. The van der Waals surface area contributed by atoms with Crippen molar-refractivity contribution in [2.24, 2.45) is 0 Å². The van der Waals surface area contributed by atoms with E-state index >= 15 is 0 Å². The number of esters is 1. The molecule has 2 aliphatic rings. The van der Waals surface area contributed by atoms with Gasteiger partial charge in [-0.15, -0.1) is 0 Å². The van der Waals surface area contributed by atoms with E-state index in [1.807, 2.05) is 6.07 Å². The van der Waals surface area contributed by atoms with Crippen LogP contribution in [0.25, 0.3) is 0 Å². The van der Waals surface area contributed by atoms with E-state index in [4.69, 9.17) is 9.47 Å². The van der Waals surface area contributed by atoms with Crippen LogP contribution in [0.5, 0.6) is 0 Å². The van der Waals surface area contributed by atoms with E-state index in [1.54, 1.807) is 24.3 Å². The molecular weight excluding hydrogens is 272 g/mol. The second-order valence-corrected chi connectivity index (χ2v) is 4.86. The predicted molar refractivity (Wildman–Crippen MR) is 73.1 cm³/mol. The fourth-order valence-corrected chi connectivity index (χ4v) is 2.00. The van der Waals surface area contributed by atoms with E-state index in [9.17, 15) is 9.59 Å². The van der Waals surface area contributed by atoms with Crippen LogP contribution in [0.1, 0.15) is 23.2 Å². The Hall–Kier alpha value is -2.56. The molecule has 108 valence electrons. The van der Waals surface area contributed by atoms with Crippen molar-refractivity contribution in [2.75, 3.05) is 7.11 Å². The molecule has 1 aliphatic carbocycles. The number of rotatable bonds is 4. The Labute approximate surface area is 121 Å². The molecule has 1 aliphatic heterocycles. The molecule has 0 bridgehead atoms. The number of hydrogen-bond acceptors (Lipinski definition) is 5. The van der Waals surface area contributed by atoms with Crippen molar-refractivity contribution in [3.63, 3.8) is 0 Å². The van der Waals surface area contributed by atoms with Crippen molar-refractivity contribution in [2.45, 2.75) is 18.6 Å². The second kappa shape index (κ2) is 5.09. The van der Waals surface area contributed by atoms with E-state index in [2.05, 4.69) is 4.74 Å². The predicted octanol–water partition coefficient (Wildman–Crippen LogP) is 2.35. The molecule has 5 nitrogen and oxygen atoms in total. The SMILES string of the molecule is COC(=O)C1=C(/C=C/C(=O)c2ccccc2)OC2(CC2)O1. The number of carbonyl (C=O) groups is 2. The Bertz CT molecular complexity index is 638. The van der Waals surface area contributed by atoms with Gasteiger partial charge in [-0.2, -0.15) is 0 Å². The zero-order valence-electron chi connectivity index (χ0n) is 11.5. The largest absolute Gasteiger partial charge is 0.463 e. The summed E-state index contributed by atoms with van der Waals surface area (Å²) in [4.78, 5) is 23.7. The maximum absolute atomic E-state index is 12.0. The lowest BCUT2D eigenvalue weighted by atomic mass is 10.1. The van der Waals surface area contributed by atoms with Crippen LogP contribution in [-0.4, -0.2) is 24.6 Å². The number of methoxy groups -OCH3 is 1. The summed E-state index contributed by atoms with van der Waals surface area (Å²) in [6.45, 7) is 0. The fraction of sp³-hybridized carbons (Fsp3) is 0.250. The first kappa shape index (κ1) is 13.4. The number of allylic oxidation sites excluding steroid dienone is 2. The number of ketones is 1. The zero-order chi connectivity index (χ0) is 14.9. The summed E-state index contributed by atoms with van der Waals surface area (Å²) in [6, 6.07) is 8.85. The minimum atomic E-state index is -0.723. The van der Waals surface area contributed by atoms with Gasteiger partial charge in [0.1, 0.15) is 0 Å². The lowest BCUT2D eigenvalue weighted by molar-refractivity contribution is -0.144. The van der Waals surface area contributed by atoms with Crippen LogP contribution in [0.4, 0.5) is 0 Å². The summed E-state index contributed by atoms with van der Waals surface area (Å²) in [7, 11) is 1.27. The van der Waals surface area contributed by atoms with Crippen LogP contribution in [0.15, 0.2) is 54.0 Å². The average Bonchev–Trinajstić information content (AvgIpc) is 3.17. The van der Waals surface area contributed by atoms with Crippen LogP contribution in [0.3, 0.4) is 0 Å². The molecule has 0 radical (unpaired) electrons. The standard InChI is InChI=1S/C16H14O5/c1-19-15(18)14-13(20-16(21-14)9-10-16)8-7-12(17)11-5-3-2-4-6-11/h2-8H,9-10H2,1H3/b8-7+. The van der Waals surface area contributed by atoms with Gasteiger partial charge < -0.3 is 14.2 Å². The normalized spacial score (nSPS) is 18.5. The van der Waals surface area contributed by atoms with Crippen molar-refractivity contribution < 1.29 is 23.8 Å². The van der Waals surface area contributed by atoms with Crippen molar-refractivity contribution in [3.8, 4) is 0 Å². The average molecular weight is 286 g/mol. The highest BCUT2D eigenvalue weighted by Crippen LogP contribution is 2.49. The van der Waals surface area contributed by atoms with Crippen molar-refractivity contribution in [1.82, 2.24) is 0 Å². The van der Waals surface area contributed by atoms with Crippen molar-refractivity contribution >= 4 is 11.8 Å². The molecule has 5 heteroatoms. The minimum absolute atomic E-state index is 0.0205. The Morgan fingerprint density at radius 1 is 1.19 bits per heavy atom. The van der Waals surface area contributed by atoms with Gasteiger partial charge in [0, 0.05) is 18.4 Å². The molecule has 21 heavy (non-hydrogen) atoms. The van der Waals surface area contributed by atoms with Crippen LogP contribution in [-0.2, 0) is 19.0 Å². The lowest BCUT2D eigenvalue weighted by Gasteiger charge is -2.07. The second-order valence-electron chi connectivity index (χ2n) is 4.86. The highest BCUT2D eigenvalue weighted by Gasteiger charge is 2.55. The summed E-state index contributed by atoms with van der Waals surface area (Å²) in [5.74, 6) is -1.24. The molecule has 0 unspecified atom stereocenters. The molecular formula is C16H14O5. The van der Waals surface area contributed by atoms with Gasteiger partial charge in [-0.3, -0.25) is 4.79 Å². The molecule has 0 atom stereocenters. The minimum Gasteiger partial charge on any atom is -0.463 e. The van der Waals surface area contributed by atoms with Crippen molar-refractivity contribution in [3.05, 3.63) is 59.6 Å². The molecule has 1 fully saturated rings. The molecule has 1 aromatic rings. The summed E-state index contributed by atoms with van der Waals surface area (Å²) < 4.78 is 15.7.